The fourth-order valence-corrected chi connectivity index (χ4v) is 3.56. The summed E-state index contributed by atoms with van der Waals surface area (Å²) in [7, 11) is 1.66. The molecule has 3 heteroatoms. The summed E-state index contributed by atoms with van der Waals surface area (Å²) in [6.45, 7) is 6.44. The number of unbranched alkanes of at least 4 members (excludes halogenated alkanes) is 3. The molecule has 0 heterocycles. The summed E-state index contributed by atoms with van der Waals surface area (Å²) in [5.74, 6) is 2.03. The van der Waals surface area contributed by atoms with Crippen LogP contribution in [0.1, 0.15) is 63.1 Å². The van der Waals surface area contributed by atoms with Gasteiger partial charge in [-0.05, 0) is 43.4 Å². The number of rotatable bonds is 10. The first kappa shape index (κ1) is 20.2. The summed E-state index contributed by atoms with van der Waals surface area (Å²) in [6, 6.07) is 9.57. The topological polar surface area (TPSA) is 38.7 Å². The highest BCUT2D eigenvalue weighted by Crippen LogP contribution is 2.47. The number of hydrogen-bond donors (Lipinski definition) is 1. The number of ether oxygens (including phenoxy) is 2. The number of benzene rings is 2. The van der Waals surface area contributed by atoms with Crippen molar-refractivity contribution in [2.45, 2.75) is 65.7 Å². The van der Waals surface area contributed by atoms with Crippen molar-refractivity contribution in [1.82, 2.24) is 0 Å². The maximum Gasteiger partial charge on any atom is 0.211 e. The second-order valence-corrected chi connectivity index (χ2v) is 6.58. The van der Waals surface area contributed by atoms with E-state index in [1.165, 1.54) is 30.4 Å². The zero-order valence-electron chi connectivity index (χ0n) is 16.6. The van der Waals surface area contributed by atoms with Crippen molar-refractivity contribution >= 4 is 0 Å². The molecule has 2 rings (SSSR count). The predicted octanol–water partition coefficient (Wildman–Crippen LogP) is 6.44. The van der Waals surface area contributed by atoms with E-state index in [0.29, 0.717) is 17.2 Å². The van der Waals surface area contributed by atoms with Crippen molar-refractivity contribution in [3.05, 3.63) is 47.0 Å². The highest BCUT2D eigenvalue weighted by molar-refractivity contribution is 5.64. The highest BCUT2D eigenvalue weighted by Gasteiger charge is 2.24. The van der Waals surface area contributed by atoms with Gasteiger partial charge in [-0.1, -0.05) is 58.2 Å². The van der Waals surface area contributed by atoms with E-state index in [1.807, 2.05) is 30.3 Å². The molecular weight excluding hydrogens is 324 g/mol. The van der Waals surface area contributed by atoms with E-state index in [9.17, 15) is 5.11 Å². The smallest absolute Gasteiger partial charge is 0.211 e. The molecule has 1 N–H and O–H groups in total. The van der Waals surface area contributed by atoms with Crippen LogP contribution in [-0.2, 0) is 19.3 Å². The molecule has 0 saturated carbocycles. The molecule has 0 unspecified atom stereocenters. The van der Waals surface area contributed by atoms with Crippen molar-refractivity contribution < 1.29 is 14.6 Å². The molecule has 0 aliphatic rings. The number of hydrogen-bond acceptors (Lipinski definition) is 3. The Morgan fingerprint density at radius 2 is 1.50 bits per heavy atom. The zero-order chi connectivity index (χ0) is 18.9. The number of aromatic hydroxyl groups is 1. The molecule has 0 aliphatic carbocycles. The number of para-hydroxylation sites is 1. The molecule has 0 aliphatic heterocycles. The van der Waals surface area contributed by atoms with Crippen LogP contribution < -0.4 is 9.47 Å². The number of phenolic OH excluding ortho intramolecular Hbond substituents is 1. The average Bonchev–Trinajstić information content (AvgIpc) is 2.67. The van der Waals surface area contributed by atoms with E-state index in [-0.39, 0.29) is 5.75 Å². The van der Waals surface area contributed by atoms with E-state index in [0.717, 1.165) is 31.2 Å². The molecule has 0 saturated heterocycles. The third kappa shape index (κ3) is 4.51. The van der Waals surface area contributed by atoms with Gasteiger partial charge in [0, 0.05) is 11.1 Å². The molecule has 0 aromatic heterocycles. The zero-order valence-corrected chi connectivity index (χ0v) is 16.6. The Morgan fingerprint density at radius 3 is 2.08 bits per heavy atom. The van der Waals surface area contributed by atoms with Crippen LogP contribution in [0.25, 0.3) is 0 Å². The fourth-order valence-electron chi connectivity index (χ4n) is 3.56. The molecule has 0 atom stereocenters. The lowest BCUT2D eigenvalue weighted by Gasteiger charge is -2.22. The summed E-state index contributed by atoms with van der Waals surface area (Å²) in [5.41, 5.74) is 3.37. The van der Waals surface area contributed by atoms with Crippen molar-refractivity contribution in [1.29, 1.82) is 0 Å². The first-order valence-electron chi connectivity index (χ1n) is 9.84. The Morgan fingerprint density at radius 1 is 0.808 bits per heavy atom. The molecule has 2 aromatic rings. The second kappa shape index (κ2) is 10.1. The SMILES string of the molecule is CCCCCCc1c(CC)c(CC)c(O)c(Oc2ccccc2)c1OC. The summed E-state index contributed by atoms with van der Waals surface area (Å²) in [6.07, 6.45) is 7.39. The van der Waals surface area contributed by atoms with Gasteiger partial charge in [0.25, 0.3) is 0 Å². The Hall–Kier alpha value is -2.16. The highest BCUT2D eigenvalue weighted by atomic mass is 16.5. The molecule has 0 amide bonds. The molecule has 3 nitrogen and oxygen atoms in total. The average molecular weight is 357 g/mol. The normalized spacial score (nSPS) is 10.8. The van der Waals surface area contributed by atoms with Gasteiger partial charge in [0.15, 0.2) is 11.5 Å². The van der Waals surface area contributed by atoms with E-state index < -0.39 is 0 Å². The molecule has 0 bridgehead atoms. The van der Waals surface area contributed by atoms with Gasteiger partial charge in [0.2, 0.25) is 5.75 Å². The minimum absolute atomic E-state index is 0.211. The van der Waals surface area contributed by atoms with Crippen LogP contribution in [0.4, 0.5) is 0 Å². The second-order valence-electron chi connectivity index (χ2n) is 6.58. The van der Waals surface area contributed by atoms with E-state index in [4.69, 9.17) is 9.47 Å². The van der Waals surface area contributed by atoms with Crippen LogP contribution in [0.3, 0.4) is 0 Å². The summed E-state index contributed by atoms with van der Waals surface area (Å²) < 4.78 is 11.8. The number of phenols is 1. The largest absolute Gasteiger partial charge is 0.504 e. The maximum absolute atomic E-state index is 10.9. The van der Waals surface area contributed by atoms with Crippen molar-refractivity contribution in [3.63, 3.8) is 0 Å². The lowest BCUT2D eigenvalue weighted by atomic mass is 9.91. The van der Waals surface area contributed by atoms with Crippen molar-refractivity contribution in [3.8, 4) is 23.0 Å². The van der Waals surface area contributed by atoms with Gasteiger partial charge in [-0.2, -0.15) is 0 Å². The van der Waals surface area contributed by atoms with Crippen LogP contribution >= 0.6 is 0 Å². The lowest BCUT2D eigenvalue weighted by Crippen LogP contribution is -2.05. The van der Waals surface area contributed by atoms with Gasteiger partial charge in [0.05, 0.1) is 7.11 Å². The standard InChI is InChI=1S/C23H32O3/c1-5-8-9-13-16-20-18(6-2)19(7-3)21(24)23(22(20)25-4)26-17-14-11-10-12-15-17/h10-12,14-15,24H,5-9,13,16H2,1-4H3. The molecule has 142 valence electrons. The molecule has 2 aromatic carbocycles. The first-order valence-corrected chi connectivity index (χ1v) is 9.84. The molecule has 0 spiro atoms. The summed E-state index contributed by atoms with van der Waals surface area (Å²) >= 11 is 0. The van der Waals surface area contributed by atoms with Gasteiger partial charge in [-0.15, -0.1) is 0 Å². The third-order valence-corrected chi connectivity index (χ3v) is 4.86. The van der Waals surface area contributed by atoms with Gasteiger partial charge in [-0.3, -0.25) is 0 Å². The Bertz CT molecular complexity index is 693. The van der Waals surface area contributed by atoms with E-state index in [1.54, 1.807) is 7.11 Å². The van der Waals surface area contributed by atoms with Crippen LogP contribution in [0, 0.1) is 0 Å². The fraction of sp³-hybridized carbons (Fsp3) is 0.478. The van der Waals surface area contributed by atoms with Gasteiger partial charge in [-0.25, -0.2) is 0 Å². The Labute approximate surface area is 158 Å². The third-order valence-electron chi connectivity index (χ3n) is 4.86. The van der Waals surface area contributed by atoms with E-state index in [2.05, 4.69) is 20.8 Å². The van der Waals surface area contributed by atoms with Crippen LogP contribution in [0.5, 0.6) is 23.0 Å². The molecular formula is C23H32O3. The first-order chi connectivity index (χ1) is 12.7. The molecule has 26 heavy (non-hydrogen) atoms. The quantitative estimate of drug-likeness (QED) is 0.498. The van der Waals surface area contributed by atoms with Crippen LogP contribution in [0.15, 0.2) is 30.3 Å². The van der Waals surface area contributed by atoms with Crippen LogP contribution in [-0.4, -0.2) is 12.2 Å². The van der Waals surface area contributed by atoms with E-state index >= 15 is 0 Å². The minimum atomic E-state index is 0.211. The molecule has 0 fully saturated rings. The van der Waals surface area contributed by atoms with Gasteiger partial charge >= 0.3 is 0 Å². The number of methoxy groups -OCH3 is 1. The summed E-state index contributed by atoms with van der Waals surface area (Å²) in [5, 5.41) is 10.9. The Balaban J connectivity index is 2.51. The Kier molecular flexibility index (Phi) is 7.83. The van der Waals surface area contributed by atoms with Gasteiger partial charge in [0.1, 0.15) is 5.75 Å². The lowest BCUT2D eigenvalue weighted by molar-refractivity contribution is 0.351. The van der Waals surface area contributed by atoms with Crippen LogP contribution in [0.2, 0.25) is 0 Å². The van der Waals surface area contributed by atoms with Crippen molar-refractivity contribution in [2.24, 2.45) is 0 Å². The monoisotopic (exact) mass is 356 g/mol. The van der Waals surface area contributed by atoms with Crippen molar-refractivity contribution in [2.75, 3.05) is 7.11 Å². The molecule has 0 radical (unpaired) electrons. The van der Waals surface area contributed by atoms with Gasteiger partial charge < -0.3 is 14.6 Å². The maximum atomic E-state index is 10.9. The predicted molar refractivity (Wildman–Crippen MR) is 108 cm³/mol. The summed E-state index contributed by atoms with van der Waals surface area (Å²) in [4.78, 5) is 0. The minimum Gasteiger partial charge on any atom is -0.504 e.